The molecule has 4 nitrogen and oxygen atoms in total. The molecule has 21 heavy (non-hydrogen) atoms. The lowest BCUT2D eigenvalue weighted by Crippen LogP contribution is -2.03. The number of thioether (sulfide) groups is 1. The molecule has 0 aliphatic carbocycles. The Morgan fingerprint density at radius 2 is 1.76 bits per heavy atom. The smallest absolute Gasteiger partial charge is 0.209 e. The predicted molar refractivity (Wildman–Crippen MR) is 79.3 cm³/mol. The Kier molecular flexibility index (Phi) is 4.25. The highest BCUT2D eigenvalue weighted by atomic mass is 32.2. The molecule has 0 fully saturated rings. The average Bonchev–Trinajstić information content (AvgIpc) is 2.95. The number of tetrazole rings is 1. The minimum Gasteiger partial charge on any atom is -0.216 e. The summed E-state index contributed by atoms with van der Waals surface area (Å²) in [5, 5.41) is 12.4. The van der Waals surface area contributed by atoms with E-state index in [-0.39, 0.29) is 5.82 Å². The first kappa shape index (κ1) is 13.8. The first-order valence-electron chi connectivity index (χ1n) is 6.49. The van der Waals surface area contributed by atoms with Crippen LogP contribution in [0.25, 0.3) is 0 Å². The second-order valence-corrected chi connectivity index (χ2v) is 5.43. The summed E-state index contributed by atoms with van der Waals surface area (Å²) < 4.78 is 15.3. The van der Waals surface area contributed by atoms with Crippen LogP contribution in [0.2, 0.25) is 0 Å². The molecular formula is C15H13FN4S. The first-order chi connectivity index (χ1) is 10.3. The monoisotopic (exact) mass is 300 g/mol. The number of nitrogens with zero attached hydrogens (tertiary/aromatic N) is 4. The van der Waals surface area contributed by atoms with Gasteiger partial charge in [0.25, 0.3) is 0 Å². The zero-order valence-electron chi connectivity index (χ0n) is 11.2. The lowest BCUT2D eigenvalue weighted by atomic mass is 10.2. The van der Waals surface area contributed by atoms with Gasteiger partial charge in [-0.2, -0.15) is 0 Å². The molecule has 0 radical (unpaired) electrons. The quantitative estimate of drug-likeness (QED) is 0.679. The van der Waals surface area contributed by atoms with Gasteiger partial charge in [0.1, 0.15) is 5.82 Å². The van der Waals surface area contributed by atoms with Crippen LogP contribution in [-0.4, -0.2) is 20.2 Å². The van der Waals surface area contributed by atoms with Crippen LogP contribution >= 0.6 is 11.8 Å². The lowest BCUT2D eigenvalue weighted by molar-refractivity contribution is 0.601. The summed E-state index contributed by atoms with van der Waals surface area (Å²) in [7, 11) is 0. The second kappa shape index (κ2) is 6.49. The van der Waals surface area contributed by atoms with Crippen LogP contribution in [0.15, 0.2) is 59.8 Å². The molecule has 0 spiro atoms. The Morgan fingerprint density at radius 1 is 1.00 bits per heavy atom. The molecule has 0 atom stereocenters. The molecule has 0 saturated heterocycles. The van der Waals surface area contributed by atoms with Crippen LogP contribution in [0, 0.1) is 5.82 Å². The van der Waals surface area contributed by atoms with Gasteiger partial charge in [0.15, 0.2) is 0 Å². The van der Waals surface area contributed by atoms with Gasteiger partial charge in [-0.05, 0) is 27.6 Å². The van der Waals surface area contributed by atoms with Crippen LogP contribution in [0.3, 0.4) is 0 Å². The molecule has 1 heterocycles. The van der Waals surface area contributed by atoms with E-state index >= 15 is 0 Å². The number of hydrogen-bond acceptors (Lipinski definition) is 4. The molecule has 0 bridgehead atoms. The van der Waals surface area contributed by atoms with Crippen molar-refractivity contribution >= 4 is 11.8 Å². The third-order valence-electron chi connectivity index (χ3n) is 2.99. The fraction of sp³-hybridized carbons (Fsp3) is 0.133. The van der Waals surface area contributed by atoms with Crippen LogP contribution in [0.5, 0.6) is 0 Å². The topological polar surface area (TPSA) is 43.6 Å². The van der Waals surface area contributed by atoms with E-state index in [0.29, 0.717) is 23.0 Å². The van der Waals surface area contributed by atoms with Crippen LogP contribution in [-0.2, 0) is 12.3 Å². The Bertz CT molecular complexity index is 714. The van der Waals surface area contributed by atoms with E-state index in [2.05, 4.69) is 15.5 Å². The molecule has 0 N–H and O–H groups in total. The van der Waals surface area contributed by atoms with Gasteiger partial charge in [0, 0.05) is 5.75 Å². The van der Waals surface area contributed by atoms with Gasteiger partial charge in [0.05, 0.1) is 6.54 Å². The van der Waals surface area contributed by atoms with E-state index in [1.165, 1.54) is 17.8 Å². The molecule has 6 heteroatoms. The summed E-state index contributed by atoms with van der Waals surface area (Å²) in [5.74, 6) is 0.300. The van der Waals surface area contributed by atoms with Gasteiger partial charge in [-0.1, -0.05) is 60.3 Å². The third kappa shape index (κ3) is 3.46. The van der Waals surface area contributed by atoms with Crippen molar-refractivity contribution in [2.24, 2.45) is 0 Å². The normalized spacial score (nSPS) is 10.7. The van der Waals surface area contributed by atoms with Gasteiger partial charge in [-0.15, -0.1) is 5.10 Å². The largest absolute Gasteiger partial charge is 0.216 e. The highest BCUT2D eigenvalue weighted by Crippen LogP contribution is 2.22. The molecule has 3 rings (SSSR count). The van der Waals surface area contributed by atoms with Crippen molar-refractivity contribution in [2.45, 2.75) is 17.5 Å². The SMILES string of the molecule is Fc1ccccc1CSc1nnnn1Cc1ccccc1. The van der Waals surface area contributed by atoms with Gasteiger partial charge in [-0.25, -0.2) is 9.07 Å². The molecule has 0 aliphatic rings. The maximum Gasteiger partial charge on any atom is 0.209 e. The standard InChI is InChI=1S/C15H13FN4S/c16-14-9-5-4-8-13(14)11-21-15-17-18-19-20(15)10-12-6-2-1-3-7-12/h1-9H,10-11H2. The Balaban J connectivity index is 1.70. The summed E-state index contributed by atoms with van der Waals surface area (Å²) in [6.07, 6.45) is 0. The van der Waals surface area contributed by atoms with Gasteiger partial charge >= 0.3 is 0 Å². The minimum absolute atomic E-state index is 0.202. The fourth-order valence-corrected chi connectivity index (χ4v) is 2.78. The minimum atomic E-state index is -0.202. The molecular weight excluding hydrogens is 287 g/mol. The molecule has 0 saturated carbocycles. The molecule has 0 aliphatic heterocycles. The summed E-state index contributed by atoms with van der Waals surface area (Å²) in [6.45, 7) is 0.605. The van der Waals surface area contributed by atoms with Crippen molar-refractivity contribution in [1.29, 1.82) is 0 Å². The van der Waals surface area contributed by atoms with Crippen LogP contribution in [0.4, 0.5) is 4.39 Å². The summed E-state index contributed by atoms with van der Waals surface area (Å²) >= 11 is 1.43. The zero-order valence-corrected chi connectivity index (χ0v) is 12.0. The molecule has 2 aromatic carbocycles. The van der Waals surface area contributed by atoms with Crippen molar-refractivity contribution in [3.8, 4) is 0 Å². The van der Waals surface area contributed by atoms with E-state index in [9.17, 15) is 4.39 Å². The number of aromatic nitrogens is 4. The Morgan fingerprint density at radius 3 is 2.57 bits per heavy atom. The van der Waals surface area contributed by atoms with Gasteiger partial charge in [-0.3, -0.25) is 0 Å². The van der Waals surface area contributed by atoms with Crippen molar-refractivity contribution in [1.82, 2.24) is 20.2 Å². The summed E-state index contributed by atoms with van der Waals surface area (Å²) in [6, 6.07) is 16.7. The molecule has 0 amide bonds. The van der Waals surface area contributed by atoms with Gasteiger partial charge < -0.3 is 0 Å². The number of hydrogen-bond donors (Lipinski definition) is 0. The van der Waals surface area contributed by atoms with Crippen molar-refractivity contribution in [3.05, 3.63) is 71.5 Å². The number of rotatable bonds is 5. The second-order valence-electron chi connectivity index (χ2n) is 4.48. The first-order valence-corrected chi connectivity index (χ1v) is 7.48. The Hall–Kier alpha value is -2.21. The Labute approximate surface area is 126 Å². The summed E-state index contributed by atoms with van der Waals surface area (Å²) in [4.78, 5) is 0. The lowest BCUT2D eigenvalue weighted by Gasteiger charge is -2.05. The molecule has 3 aromatic rings. The van der Waals surface area contributed by atoms with Gasteiger partial charge in [0.2, 0.25) is 5.16 Å². The van der Waals surface area contributed by atoms with E-state index in [4.69, 9.17) is 0 Å². The van der Waals surface area contributed by atoms with E-state index in [0.717, 1.165) is 5.56 Å². The predicted octanol–water partition coefficient (Wildman–Crippen LogP) is 3.15. The molecule has 0 unspecified atom stereocenters. The third-order valence-corrected chi connectivity index (χ3v) is 3.99. The maximum atomic E-state index is 13.6. The van der Waals surface area contributed by atoms with E-state index < -0.39 is 0 Å². The summed E-state index contributed by atoms with van der Waals surface area (Å²) in [5.41, 5.74) is 1.77. The highest BCUT2D eigenvalue weighted by molar-refractivity contribution is 7.98. The van der Waals surface area contributed by atoms with Crippen molar-refractivity contribution < 1.29 is 4.39 Å². The van der Waals surface area contributed by atoms with Crippen LogP contribution < -0.4 is 0 Å². The van der Waals surface area contributed by atoms with Crippen molar-refractivity contribution in [3.63, 3.8) is 0 Å². The van der Waals surface area contributed by atoms with Crippen molar-refractivity contribution in [2.75, 3.05) is 0 Å². The average molecular weight is 300 g/mol. The maximum absolute atomic E-state index is 13.6. The molecule has 106 valence electrons. The fourth-order valence-electron chi connectivity index (χ4n) is 1.91. The zero-order chi connectivity index (χ0) is 14.5. The molecule has 1 aromatic heterocycles. The van der Waals surface area contributed by atoms with E-state index in [1.807, 2.05) is 36.4 Å². The van der Waals surface area contributed by atoms with E-state index in [1.54, 1.807) is 16.8 Å². The number of halogens is 1. The number of benzene rings is 2. The van der Waals surface area contributed by atoms with Crippen LogP contribution in [0.1, 0.15) is 11.1 Å². The highest BCUT2D eigenvalue weighted by Gasteiger charge is 2.09.